The Bertz CT molecular complexity index is 1170. The van der Waals surface area contributed by atoms with Crippen LogP contribution in [0.2, 0.25) is 0 Å². The van der Waals surface area contributed by atoms with E-state index in [4.69, 9.17) is 14.2 Å². The van der Waals surface area contributed by atoms with Crippen LogP contribution in [0.5, 0.6) is 0 Å². The lowest BCUT2D eigenvalue weighted by Crippen LogP contribution is -2.30. The molecule has 0 aliphatic rings. The van der Waals surface area contributed by atoms with Crippen molar-refractivity contribution in [2.75, 3.05) is 13.2 Å². The number of esters is 3. The van der Waals surface area contributed by atoms with E-state index in [2.05, 4.69) is 57.2 Å². The summed E-state index contributed by atoms with van der Waals surface area (Å²) in [5, 5.41) is 0. The van der Waals surface area contributed by atoms with Gasteiger partial charge < -0.3 is 14.2 Å². The Morgan fingerprint density at radius 2 is 0.514 bits per heavy atom. The van der Waals surface area contributed by atoms with Crippen molar-refractivity contribution in [1.82, 2.24) is 0 Å². The van der Waals surface area contributed by atoms with Gasteiger partial charge in [-0.05, 0) is 57.8 Å². The topological polar surface area (TPSA) is 78.9 Å². The van der Waals surface area contributed by atoms with E-state index >= 15 is 0 Å². The molecule has 70 heavy (non-hydrogen) atoms. The van der Waals surface area contributed by atoms with E-state index < -0.39 is 6.10 Å². The summed E-state index contributed by atoms with van der Waals surface area (Å²) in [4.78, 5) is 38.2. The highest BCUT2D eigenvalue weighted by Gasteiger charge is 2.19. The first-order chi connectivity index (χ1) is 34.5. The Morgan fingerprint density at radius 3 is 0.829 bits per heavy atom. The van der Waals surface area contributed by atoms with Crippen molar-refractivity contribution in [3.8, 4) is 0 Å². The van der Waals surface area contributed by atoms with Gasteiger partial charge in [0.05, 0.1) is 0 Å². The van der Waals surface area contributed by atoms with Crippen molar-refractivity contribution < 1.29 is 28.6 Å². The second-order valence-corrected chi connectivity index (χ2v) is 21.0. The highest BCUT2D eigenvalue weighted by atomic mass is 16.6. The lowest BCUT2D eigenvalue weighted by Gasteiger charge is -2.18. The molecule has 1 atom stereocenters. The molecule has 410 valence electrons. The molecule has 0 aromatic rings. The fourth-order valence-corrected chi connectivity index (χ4v) is 9.22. The minimum absolute atomic E-state index is 0.0724. The average Bonchev–Trinajstić information content (AvgIpc) is 3.36. The van der Waals surface area contributed by atoms with Crippen molar-refractivity contribution >= 4 is 17.9 Å². The Balaban J connectivity index is 4.32. The minimum Gasteiger partial charge on any atom is -0.462 e. The van der Waals surface area contributed by atoms with Crippen molar-refractivity contribution in [1.29, 1.82) is 0 Å². The first-order valence-electron chi connectivity index (χ1n) is 31.0. The number of rotatable bonds is 57. The second-order valence-electron chi connectivity index (χ2n) is 21.0. The number of unbranched alkanes of at least 4 members (excludes halogenated alkanes) is 40. The Hall–Kier alpha value is -2.37. The van der Waals surface area contributed by atoms with Gasteiger partial charge in [0.1, 0.15) is 13.2 Å². The van der Waals surface area contributed by atoms with Crippen LogP contribution in [0.25, 0.3) is 0 Å². The predicted molar refractivity (Wildman–Crippen MR) is 302 cm³/mol. The molecule has 6 heteroatoms. The zero-order chi connectivity index (χ0) is 50.7. The molecule has 0 aliphatic heterocycles. The SMILES string of the molecule is CCCCC/C=C\C/C=C\C/C=C\CCCCCCCCC(=O)OC(COC(=O)CCCCCCCCCCCCCCC)COC(=O)CCCCCCCCCCCCCCCCCCCCCC. The molecule has 0 aliphatic carbocycles. The van der Waals surface area contributed by atoms with Crippen LogP contribution in [0.15, 0.2) is 36.5 Å². The number of hydrogen-bond acceptors (Lipinski definition) is 6. The summed E-state index contributed by atoms with van der Waals surface area (Å²) in [5.41, 5.74) is 0. The Morgan fingerprint density at radius 1 is 0.286 bits per heavy atom. The van der Waals surface area contributed by atoms with E-state index in [-0.39, 0.29) is 31.1 Å². The van der Waals surface area contributed by atoms with Crippen LogP contribution >= 0.6 is 0 Å². The van der Waals surface area contributed by atoms with Crippen molar-refractivity contribution in [2.45, 2.75) is 341 Å². The quantitative estimate of drug-likeness (QED) is 0.0261. The zero-order valence-electron chi connectivity index (χ0n) is 47.1. The molecule has 0 aromatic carbocycles. The maximum atomic E-state index is 12.9. The summed E-state index contributed by atoms with van der Waals surface area (Å²) in [6.45, 7) is 6.66. The molecule has 1 unspecified atom stereocenters. The number of allylic oxidation sites excluding steroid dienone is 6. The normalized spacial score (nSPS) is 12.2. The van der Waals surface area contributed by atoms with Crippen LogP contribution in [-0.4, -0.2) is 37.2 Å². The minimum atomic E-state index is -0.775. The lowest BCUT2D eigenvalue weighted by molar-refractivity contribution is -0.167. The lowest BCUT2D eigenvalue weighted by atomic mass is 10.0. The van der Waals surface area contributed by atoms with E-state index in [0.29, 0.717) is 19.3 Å². The molecule has 6 nitrogen and oxygen atoms in total. The van der Waals surface area contributed by atoms with Gasteiger partial charge >= 0.3 is 17.9 Å². The van der Waals surface area contributed by atoms with Gasteiger partial charge in [0.2, 0.25) is 0 Å². The molecule has 0 radical (unpaired) electrons. The standard InChI is InChI=1S/C64H118O6/c1-4-7-10-13-16-19-22-25-27-29-31-33-34-36-39-42-45-48-51-54-57-63(66)69-60-61(59-68-62(65)56-53-50-47-44-41-38-24-21-18-15-12-9-6-3)70-64(67)58-55-52-49-46-43-40-37-35-32-30-28-26-23-20-17-14-11-8-5-2/h17,20,26,28,32,35,61H,4-16,18-19,21-25,27,29-31,33-34,36-60H2,1-3H3/b20-17-,28-26-,35-32-. The summed E-state index contributed by atoms with van der Waals surface area (Å²) in [6.07, 6.45) is 71.4. The van der Waals surface area contributed by atoms with Crippen LogP contribution < -0.4 is 0 Å². The van der Waals surface area contributed by atoms with Gasteiger partial charge in [0.15, 0.2) is 6.10 Å². The number of carbonyl (C=O) groups is 3. The molecular weight excluding hydrogens is 865 g/mol. The van der Waals surface area contributed by atoms with Crippen molar-refractivity contribution in [2.24, 2.45) is 0 Å². The fourth-order valence-electron chi connectivity index (χ4n) is 9.22. The molecule has 0 saturated carbocycles. The molecule has 0 aromatic heterocycles. The van der Waals surface area contributed by atoms with Gasteiger partial charge in [0.25, 0.3) is 0 Å². The first-order valence-corrected chi connectivity index (χ1v) is 31.0. The molecule has 0 fully saturated rings. The van der Waals surface area contributed by atoms with Gasteiger partial charge in [-0.25, -0.2) is 0 Å². The predicted octanol–water partition coefficient (Wildman–Crippen LogP) is 20.8. The maximum Gasteiger partial charge on any atom is 0.306 e. The smallest absolute Gasteiger partial charge is 0.306 e. The molecule has 0 N–H and O–H groups in total. The highest BCUT2D eigenvalue weighted by Crippen LogP contribution is 2.17. The summed E-state index contributed by atoms with van der Waals surface area (Å²) in [5.74, 6) is -0.862. The van der Waals surface area contributed by atoms with Gasteiger partial charge in [-0.3, -0.25) is 14.4 Å². The average molecular weight is 984 g/mol. The monoisotopic (exact) mass is 983 g/mol. The van der Waals surface area contributed by atoms with Gasteiger partial charge in [-0.2, -0.15) is 0 Å². The summed E-state index contributed by atoms with van der Waals surface area (Å²) < 4.78 is 16.9. The molecule has 0 rings (SSSR count). The van der Waals surface area contributed by atoms with E-state index in [9.17, 15) is 14.4 Å². The van der Waals surface area contributed by atoms with Crippen LogP contribution in [0.4, 0.5) is 0 Å². The van der Waals surface area contributed by atoms with Gasteiger partial charge in [0, 0.05) is 19.3 Å². The van der Waals surface area contributed by atoms with E-state index in [1.54, 1.807) is 0 Å². The first kappa shape index (κ1) is 67.6. The third kappa shape index (κ3) is 56.5. The largest absolute Gasteiger partial charge is 0.462 e. The third-order valence-corrected chi connectivity index (χ3v) is 13.9. The molecule has 0 heterocycles. The molecule has 0 amide bonds. The van der Waals surface area contributed by atoms with Crippen molar-refractivity contribution in [3.05, 3.63) is 36.5 Å². The summed E-state index contributed by atoms with van der Waals surface area (Å²) in [7, 11) is 0. The number of carbonyl (C=O) groups excluding carboxylic acids is 3. The van der Waals surface area contributed by atoms with Crippen LogP contribution in [0.1, 0.15) is 335 Å². The van der Waals surface area contributed by atoms with Gasteiger partial charge in [-0.1, -0.05) is 295 Å². The summed E-state index contributed by atoms with van der Waals surface area (Å²) in [6, 6.07) is 0. The maximum absolute atomic E-state index is 12.9. The van der Waals surface area contributed by atoms with E-state index in [1.807, 2.05) is 0 Å². The molecule has 0 saturated heterocycles. The van der Waals surface area contributed by atoms with Crippen LogP contribution in [0.3, 0.4) is 0 Å². The highest BCUT2D eigenvalue weighted by molar-refractivity contribution is 5.71. The molecular formula is C64H118O6. The van der Waals surface area contributed by atoms with E-state index in [0.717, 1.165) is 77.0 Å². The fraction of sp³-hybridized carbons (Fsp3) is 0.859. The zero-order valence-corrected chi connectivity index (χ0v) is 47.1. The van der Waals surface area contributed by atoms with Crippen LogP contribution in [0, 0.1) is 0 Å². The van der Waals surface area contributed by atoms with Crippen LogP contribution in [-0.2, 0) is 28.6 Å². The molecule has 0 bridgehead atoms. The Labute approximate surface area is 435 Å². The van der Waals surface area contributed by atoms with Crippen molar-refractivity contribution in [3.63, 3.8) is 0 Å². The Kier molecular flexibility index (Phi) is 57.2. The van der Waals surface area contributed by atoms with E-state index in [1.165, 1.54) is 218 Å². The molecule has 0 spiro atoms. The third-order valence-electron chi connectivity index (χ3n) is 13.9. The van der Waals surface area contributed by atoms with Gasteiger partial charge in [-0.15, -0.1) is 0 Å². The number of hydrogen-bond donors (Lipinski definition) is 0. The number of ether oxygens (including phenoxy) is 3. The second kappa shape index (κ2) is 59.2. The summed E-state index contributed by atoms with van der Waals surface area (Å²) >= 11 is 0.